The number of halogens is 1. The number of rotatable bonds is 3. The summed E-state index contributed by atoms with van der Waals surface area (Å²) in [6, 6.07) is 13.0. The van der Waals surface area contributed by atoms with Crippen molar-refractivity contribution in [2.45, 2.75) is 24.9 Å². The predicted molar refractivity (Wildman–Crippen MR) is 75.4 cm³/mol. The molecule has 3 rings (SSSR count). The molecule has 0 fully saturated rings. The first-order valence-electron chi connectivity index (χ1n) is 6.80. The van der Waals surface area contributed by atoms with Gasteiger partial charge in [0.2, 0.25) is 0 Å². The summed E-state index contributed by atoms with van der Waals surface area (Å²) in [5, 5.41) is 10.6. The van der Waals surface area contributed by atoms with Gasteiger partial charge in [0.05, 0.1) is 13.2 Å². The Hall–Kier alpha value is -1.87. The Balaban J connectivity index is 1.97. The van der Waals surface area contributed by atoms with Crippen molar-refractivity contribution >= 4 is 0 Å². The first kappa shape index (κ1) is 13.1. The van der Waals surface area contributed by atoms with Crippen LogP contribution in [0.25, 0.3) is 0 Å². The van der Waals surface area contributed by atoms with E-state index in [9.17, 15) is 9.50 Å². The Kier molecular flexibility index (Phi) is 3.45. The summed E-state index contributed by atoms with van der Waals surface area (Å²) in [5.41, 5.74) is 2.69. The molecule has 0 heterocycles. The van der Waals surface area contributed by atoms with Gasteiger partial charge in [-0.15, -0.1) is 0 Å². The van der Waals surface area contributed by atoms with Gasteiger partial charge in [-0.25, -0.2) is 4.39 Å². The molecule has 104 valence electrons. The van der Waals surface area contributed by atoms with Gasteiger partial charge in [0.1, 0.15) is 0 Å². The molecule has 0 bridgehead atoms. The quantitative estimate of drug-likeness (QED) is 0.925. The van der Waals surface area contributed by atoms with E-state index in [1.807, 2.05) is 18.2 Å². The number of methoxy groups -OCH3 is 1. The minimum Gasteiger partial charge on any atom is -0.494 e. The molecule has 2 unspecified atom stereocenters. The molecule has 1 aliphatic rings. The third-order valence-electron chi connectivity index (χ3n) is 4.09. The predicted octanol–water partition coefficient (Wildman–Crippen LogP) is 3.60. The van der Waals surface area contributed by atoms with Gasteiger partial charge in [0.15, 0.2) is 11.6 Å². The van der Waals surface area contributed by atoms with Gasteiger partial charge in [0.25, 0.3) is 0 Å². The maximum absolute atomic E-state index is 14.3. The molecule has 0 aromatic heterocycles. The standard InChI is InChI=1S/C17H17FO2/c1-20-15-8-4-7-14(16(15)18)17(19)13-10-9-11-5-2-3-6-12(11)13/h2-8,13,17,19H,9-10H2,1H3. The van der Waals surface area contributed by atoms with Crippen molar-refractivity contribution < 1.29 is 14.2 Å². The molecule has 0 amide bonds. The van der Waals surface area contributed by atoms with Crippen LogP contribution in [0.3, 0.4) is 0 Å². The third-order valence-corrected chi connectivity index (χ3v) is 4.09. The highest BCUT2D eigenvalue weighted by Crippen LogP contribution is 2.42. The zero-order chi connectivity index (χ0) is 14.1. The zero-order valence-electron chi connectivity index (χ0n) is 11.3. The van der Waals surface area contributed by atoms with Gasteiger partial charge in [-0.2, -0.15) is 0 Å². The first-order chi connectivity index (χ1) is 9.72. The van der Waals surface area contributed by atoms with E-state index in [4.69, 9.17) is 4.74 Å². The fourth-order valence-electron chi connectivity index (χ4n) is 3.05. The van der Waals surface area contributed by atoms with Gasteiger partial charge >= 0.3 is 0 Å². The third kappa shape index (κ3) is 2.08. The van der Waals surface area contributed by atoms with Gasteiger partial charge in [-0.3, -0.25) is 0 Å². The smallest absolute Gasteiger partial charge is 0.170 e. The molecule has 0 saturated heterocycles. The highest BCUT2D eigenvalue weighted by atomic mass is 19.1. The van der Waals surface area contributed by atoms with E-state index in [0.717, 1.165) is 18.4 Å². The zero-order valence-corrected chi connectivity index (χ0v) is 11.3. The molecule has 2 atom stereocenters. The SMILES string of the molecule is COc1cccc(C(O)C2CCc3ccccc32)c1F. The second-order valence-corrected chi connectivity index (χ2v) is 5.15. The first-order valence-corrected chi connectivity index (χ1v) is 6.80. The molecule has 1 aliphatic carbocycles. The number of hydrogen-bond acceptors (Lipinski definition) is 2. The lowest BCUT2D eigenvalue weighted by molar-refractivity contribution is 0.139. The van der Waals surface area contributed by atoms with Crippen LogP contribution in [0.5, 0.6) is 5.75 Å². The van der Waals surface area contributed by atoms with Gasteiger partial charge in [0, 0.05) is 11.5 Å². The van der Waals surface area contributed by atoms with E-state index >= 15 is 0 Å². The molecule has 1 N–H and O–H groups in total. The van der Waals surface area contributed by atoms with Crippen LogP contribution in [0.1, 0.15) is 35.1 Å². The maximum Gasteiger partial charge on any atom is 0.170 e. The van der Waals surface area contributed by atoms with Crippen LogP contribution < -0.4 is 4.74 Å². The van der Waals surface area contributed by atoms with E-state index in [0.29, 0.717) is 5.56 Å². The van der Waals surface area contributed by atoms with Crippen molar-refractivity contribution in [2.75, 3.05) is 7.11 Å². The average Bonchev–Trinajstić information content (AvgIpc) is 2.91. The van der Waals surface area contributed by atoms with Crippen molar-refractivity contribution in [3.63, 3.8) is 0 Å². The molecule has 0 radical (unpaired) electrons. The summed E-state index contributed by atoms with van der Waals surface area (Å²) in [6.45, 7) is 0. The number of aryl methyl sites for hydroxylation is 1. The van der Waals surface area contributed by atoms with E-state index in [1.54, 1.807) is 18.2 Å². The molecule has 2 aromatic carbocycles. The monoisotopic (exact) mass is 272 g/mol. The van der Waals surface area contributed by atoms with Crippen LogP contribution >= 0.6 is 0 Å². The van der Waals surface area contributed by atoms with Crippen molar-refractivity contribution in [1.29, 1.82) is 0 Å². The summed E-state index contributed by atoms with van der Waals surface area (Å²) in [6.07, 6.45) is 0.939. The molecule has 3 heteroatoms. The van der Waals surface area contributed by atoms with Crippen LogP contribution in [0.15, 0.2) is 42.5 Å². The van der Waals surface area contributed by atoms with E-state index in [2.05, 4.69) is 6.07 Å². The lowest BCUT2D eigenvalue weighted by Gasteiger charge is -2.21. The lowest BCUT2D eigenvalue weighted by Crippen LogP contribution is -2.10. The Morgan fingerprint density at radius 3 is 2.80 bits per heavy atom. The van der Waals surface area contributed by atoms with E-state index < -0.39 is 11.9 Å². The van der Waals surface area contributed by atoms with Crippen molar-refractivity contribution in [2.24, 2.45) is 0 Å². The maximum atomic E-state index is 14.3. The number of hydrogen-bond donors (Lipinski definition) is 1. The van der Waals surface area contributed by atoms with Crippen LogP contribution in [-0.4, -0.2) is 12.2 Å². The minimum atomic E-state index is -0.839. The Bertz CT molecular complexity index is 624. The number of aliphatic hydroxyl groups excluding tert-OH is 1. The Labute approximate surface area is 117 Å². The van der Waals surface area contributed by atoms with Gasteiger partial charge in [-0.05, 0) is 30.0 Å². The fourth-order valence-corrected chi connectivity index (χ4v) is 3.05. The summed E-state index contributed by atoms with van der Waals surface area (Å²) < 4.78 is 19.2. The van der Waals surface area contributed by atoms with Crippen LogP contribution in [-0.2, 0) is 6.42 Å². The second kappa shape index (κ2) is 5.25. The second-order valence-electron chi connectivity index (χ2n) is 5.15. The van der Waals surface area contributed by atoms with Gasteiger partial charge in [-0.1, -0.05) is 36.4 Å². The average molecular weight is 272 g/mol. The van der Waals surface area contributed by atoms with E-state index in [1.165, 1.54) is 12.7 Å². The van der Waals surface area contributed by atoms with Crippen molar-refractivity contribution in [3.8, 4) is 5.75 Å². The fraction of sp³-hybridized carbons (Fsp3) is 0.294. The molecule has 2 aromatic rings. The molecule has 20 heavy (non-hydrogen) atoms. The molecule has 0 aliphatic heterocycles. The van der Waals surface area contributed by atoms with E-state index in [-0.39, 0.29) is 11.7 Å². The highest BCUT2D eigenvalue weighted by molar-refractivity contribution is 5.39. The van der Waals surface area contributed by atoms with Gasteiger partial charge < -0.3 is 9.84 Å². The summed E-state index contributed by atoms with van der Waals surface area (Å²) >= 11 is 0. The van der Waals surface area contributed by atoms with Crippen LogP contribution in [0.4, 0.5) is 4.39 Å². The lowest BCUT2D eigenvalue weighted by atomic mass is 9.90. The molecular weight excluding hydrogens is 255 g/mol. The number of fused-ring (bicyclic) bond motifs is 1. The van der Waals surface area contributed by atoms with Crippen molar-refractivity contribution in [3.05, 3.63) is 65.0 Å². The van der Waals surface area contributed by atoms with Crippen molar-refractivity contribution in [1.82, 2.24) is 0 Å². The largest absolute Gasteiger partial charge is 0.494 e. The Morgan fingerprint density at radius 2 is 2.00 bits per heavy atom. The number of benzene rings is 2. The summed E-state index contributed by atoms with van der Waals surface area (Å²) in [5.74, 6) is -0.340. The Morgan fingerprint density at radius 1 is 1.20 bits per heavy atom. The topological polar surface area (TPSA) is 29.5 Å². The molecular formula is C17H17FO2. The molecule has 0 saturated carbocycles. The van der Waals surface area contributed by atoms with Crippen LogP contribution in [0, 0.1) is 5.82 Å². The molecule has 0 spiro atoms. The number of aliphatic hydroxyl groups is 1. The number of ether oxygens (including phenoxy) is 1. The highest BCUT2D eigenvalue weighted by Gasteiger charge is 2.31. The summed E-state index contributed by atoms with van der Waals surface area (Å²) in [4.78, 5) is 0. The molecule has 2 nitrogen and oxygen atoms in total. The summed E-state index contributed by atoms with van der Waals surface area (Å²) in [7, 11) is 1.43. The normalized spacial score (nSPS) is 18.6. The minimum absolute atomic E-state index is 0.0483. The van der Waals surface area contributed by atoms with Crippen LogP contribution in [0.2, 0.25) is 0 Å².